The number of hydrogen-bond donors (Lipinski definition) is 1. The van der Waals surface area contributed by atoms with Gasteiger partial charge in [0.05, 0.1) is 5.69 Å². The maximum absolute atomic E-state index is 12.3. The number of piperidine rings is 1. The lowest BCUT2D eigenvalue weighted by molar-refractivity contribution is 0.102. The summed E-state index contributed by atoms with van der Waals surface area (Å²) >= 11 is 0. The molecule has 3 aliphatic heterocycles. The van der Waals surface area contributed by atoms with Crippen LogP contribution in [0.25, 0.3) is 0 Å². The molecule has 1 aromatic carbocycles. The molecule has 20 heavy (non-hydrogen) atoms. The van der Waals surface area contributed by atoms with Crippen molar-refractivity contribution in [1.29, 1.82) is 0 Å². The average molecular weight is 292 g/mol. The Labute approximate surface area is 118 Å². The first kappa shape index (κ1) is 12.3. The summed E-state index contributed by atoms with van der Waals surface area (Å²) in [6.07, 6.45) is 1.84. The number of hydrogen-bond acceptors (Lipinski definition) is 4. The van der Waals surface area contributed by atoms with Gasteiger partial charge in [-0.2, -0.15) is 0 Å². The van der Waals surface area contributed by atoms with Gasteiger partial charge in [0, 0.05) is 17.5 Å². The summed E-state index contributed by atoms with van der Waals surface area (Å²) < 4.78 is 26.2. The van der Waals surface area contributed by atoms with Gasteiger partial charge >= 0.3 is 0 Å². The van der Waals surface area contributed by atoms with Crippen LogP contribution in [0.15, 0.2) is 18.2 Å². The predicted molar refractivity (Wildman–Crippen MR) is 75.7 cm³/mol. The molecule has 5 nitrogen and oxygen atoms in total. The molecule has 0 aromatic heterocycles. The van der Waals surface area contributed by atoms with E-state index in [-0.39, 0.29) is 11.2 Å². The largest absolute Gasteiger partial charge is 0.317 e. The molecule has 3 aliphatic rings. The molecule has 0 bridgehead atoms. The number of para-hydroxylation sites is 1. The highest BCUT2D eigenvalue weighted by Crippen LogP contribution is 2.50. The van der Waals surface area contributed by atoms with Gasteiger partial charge in [-0.3, -0.25) is 9.10 Å². The first-order valence-electron chi connectivity index (χ1n) is 6.91. The van der Waals surface area contributed by atoms with Gasteiger partial charge in [0.15, 0.2) is 5.78 Å². The molecule has 1 spiro atoms. The average Bonchev–Trinajstić information content (AvgIpc) is 2.74. The summed E-state index contributed by atoms with van der Waals surface area (Å²) in [5.74, 6) is -0.665. The summed E-state index contributed by atoms with van der Waals surface area (Å²) in [6.45, 7) is 2.29. The normalized spacial score (nSPS) is 25.8. The highest BCUT2D eigenvalue weighted by molar-refractivity contribution is 7.93. The highest BCUT2D eigenvalue weighted by atomic mass is 32.2. The number of ketones is 1. The highest BCUT2D eigenvalue weighted by Gasteiger charge is 2.50. The molecule has 3 heterocycles. The Morgan fingerprint density at radius 3 is 2.70 bits per heavy atom. The zero-order valence-electron chi connectivity index (χ0n) is 11.1. The van der Waals surface area contributed by atoms with Crippen molar-refractivity contribution >= 4 is 21.5 Å². The second kappa shape index (κ2) is 3.83. The van der Waals surface area contributed by atoms with E-state index in [0.29, 0.717) is 17.8 Å². The minimum absolute atomic E-state index is 0.117. The van der Waals surface area contributed by atoms with Crippen LogP contribution in [0.2, 0.25) is 0 Å². The van der Waals surface area contributed by atoms with Crippen LogP contribution in [-0.4, -0.2) is 39.6 Å². The summed E-state index contributed by atoms with van der Waals surface area (Å²) in [5.41, 5.74) is 2.17. The molecular formula is C14H16N2O3S. The van der Waals surface area contributed by atoms with Gasteiger partial charge < -0.3 is 5.32 Å². The van der Waals surface area contributed by atoms with Crippen LogP contribution in [0.5, 0.6) is 0 Å². The molecule has 1 saturated heterocycles. The standard InChI is InChI=1S/C14H16N2O3S/c17-12-8-20(18,19)16-9-14(4-6-15-7-5-14)11-3-1-2-10(12)13(11)16/h1-3,15H,4-9H2. The van der Waals surface area contributed by atoms with Crippen molar-refractivity contribution < 1.29 is 13.2 Å². The number of nitrogens with zero attached hydrogens (tertiary/aromatic N) is 1. The van der Waals surface area contributed by atoms with Crippen LogP contribution in [0.3, 0.4) is 0 Å². The Balaban J connectivity index is 1.98. The van der Waals surface area contributed by atoms with Crippen LogP contribution < -0.4 is 9.62 Å². The third kappa shape index (κ3) is 1.46. The van der Waals surface area contributed by atoms with E-state index >= 15 is 0 Å². The van der Waals surface area contributed by atoms with Crippen molar-refractivity contribution in [1.82, 2.24) is 5.32 Å². The lowest BCUT2D eigenvalue weighted by Gasteiger charge is -2.34. The van der Waals surface area contributed by atoms with Crippen LogP contribution >= 0.6 is 0 Å². The number of carbonyl (C=O) groups is 1. The number of sulfonamides is 1. The van der Waals surface area contributed by atoms with Gasteiger partial charge in [-0.05, 0) is 37.6 Å². The van der Waals surface area contributed by atoms with Crippen molar-refractivity contribution in [3.05, 3.63) is 29.3 Å². The molecule has 6 heteroatoms. The van der Waals surface area contributed by atoms with E-state index in [9.17, 15) is 13.2 Å². The second-order valence-electron chi connectivity index (χ2n) is 5.92. The van der Waals surface area contributed by atoms with E-state index in [2.05, 4.69) is 5.32 Å². The van der Waals surface area contributed by atoms with Gasteiger partial charge in [0.1, 0.15) is 5.75 Å². The number of nitrogens with one attached hydrogen (secondary N) is 1. The van der Waals surface area contributed by atoms with Gasteiger partial charge in [-0.15, -0.1) is 0 Å². The van der Waals surface area contributed by atoms with Crippen LogP contribution in [0.1, 0.15) is 28.8 Å². The molecule has 0 saturated carbocycles. The molecule has 0 amide bonds. The SMILES string of the molecule is O=C1CS(=O)(=O)N2CC3(CCNCC3)c3cccc1c32. The Kier molecular flexibility index (Phi) is 2.36. The van der Waals surface area contributed by atoms with Crippen molar-refractivity contribution in [2.45, 2.75) is 18.3 Å². The summed E-state index contributed by atoms with van der Waals surface area (Å²) in [7, 11) is -3.50. The van der Waals surface area contributed by atoms with Gasteiger partial charge in [0.2, 0.25) is 10.0 Å². The van der Waals surface area contributed by atoms with E-state index in [1.54, 1.807) is 6.07 Å². The van der Waals surface area contributed by atoms with Crippen LogP contribution in [0.4, 0.5) is 5.69 Å². The van der Waals surface area contributed by atoms with E-state index < -0.39 is 15.8 Å². The smallest absolute Gasteiger partial charge is 0.242 e. The molecule has 1 N–H and O–H groups in total. The Morgan fingerprint density at radius 2 is 1.95 bits per heavy atom. The first-order valence-corrected chi connectivity index (χ1v) is 8.52. The molecule has 106 valence electrons. The molecule has 4 rings (SSSR count). The predicted octanol–water partition coefficient (Wildman–Crippen LogP) is 0.654. The van der Waals surface area contributed by atoms with E-state index in [0.717, 1.165) is 31.5 Å². The Bertz CT molecular complexity index is 705. The minimum Gasteiger partial charge on any atom is -0.317 e. The number of rotatable bonds is 0. The number of benzene rings is 1. The van der Waals surface area contributed by atoms with Crippen LogP contribution in [0, 0.1) is 0 Å². The number of anilines is 1. The quantitative estimate of drug-likeness (QED) is 0.762. The fourth-order valence-electron chi connectivity index (χ4n) is 3.80. The lowest BCUT2D eigenvalue weighted by Crippen LogP contribution is -2.46. The molecule has 1 aromatic rings. The van der Waals surface area contributed by atoms with E-state index in [1.807, 2.05) is 12.1 Å². The fourth-order valence-corrected chi connectivity index (χ4v) is 5.36. The maximum atomic E-state index is 12.3. The molecule has 1 fully saturated rings. The van der Waals surface area contributed by atoms with Crippen molar-refractivity contribution in [3.63, 3.8) is 0 Å². The number of Topliss-reactive ketones (excluding diaryl/α,β-unsaturated/α-hetero) is 1. The van der Waals surface area contributed by atoms with Crippen molar-refractivity contribution in [2.75, 3.05) is 29.7 Å². The lowest BCUT2D eigenvalue weighted by atomic mass is 9.74. The molecule has 0 atom stereocenters. The minimum atomic E-state index is -3.50. The Morgan fingerprint density at radius 1 is 1.20 bits per heavy atom. The maximum Gasteiger partial charge on any atom is 0.242 e. The monoisotopic (exact) mass is 292 g/mol. The topological polar surface area (TPSA) is 66.5 Å². The molecule has 0 aliphatic carbocycles. The van der Waals surface area contributed by atoms with E-state index in [4.69, 9.17) is 0 Å². The number of carbonyl (C=O) groups excluding carboxylic acids is 1. The number of fused-ring (bicyclic) bond motifs is 1. The summed E-state index contributed by atoms with van der Waals surface area (Å²) in [4.78, 5) is 12.1. The molecule has 0 radical (unpaired) electrons. The zero-order chi connectivity index (χ0) is 14.0. The molecular weight excluding hydrogens is 276 g/mol. The Hall–Kier alpha value is -1.40. The van der Waals surface area contributed by atoms with Gasteiger partial charge in [0.25, 0.3) is 0 Å². The third-order valence-electron chi connectivity index (χ3n) is 4.81. The zero-order valence-corrected chi connectivity index (χ0v) is 11.9. The van der Waals surface area contributed by atoms with Crippen molar-refractivity contribution in [3.8, 4) is 0 Å². The first-order chi connectivity index (χ1) is 9.54. The van der Waals surface area contributed by atoms with Crippen LogP contribution in [-0.2, 0) is 15.4 Å². The second-order valence-corrected chi connectivity index (χ2v) is 7.81. The third-order valence-corrected chi connectivity index (χ3v) is 6.42. The summed E-state index contributed by atoms with van der Waals surface area (Å²) in [5, 5.41) is 3.32. The van der Waals surface area contributed by atoms with Gasteiger partial charge in [-0.25, -0.2) is 8.42 Å². The summed E-state index contributed by atoms with van der Waals surface area (Å²) in [6, 6.07) is 5.64. The van der Waals surface area contributed by atoms with Gasteiger partial charge in [-0.1, -0.05) is 12.1 Å². The van der Waals surface area contributed by atoms with E-state index in [1.165, 1.54) is 4.31 Å². The van der Waals surface area contributed by atoms with Crippen molar-refractivity contribution in [2.24, 2.45) is 0 Å². The fraction of sp³-hybridized carbons (Fsp3) is 0.500. The molecule has 0 unspecified atom stereocenters.